The van der Waals surface area contributed by atoms with Crippen LogP contribution >= 0.6 is 0 Å². The summed E-state index contributed by atoms with van der Waals surface area (Å²) in [5, 5.41) is 0. The van der Waals surface area contributed by atoms with Crippen LogP contribution in [0.15, 0.2) is 0 Å². The summed E-state index contributed by atoms with van der Waals surface area (Å²) in [4.78, 5) is 12.3. The molecule has 1 aliphatic carbocycles. The predicted octanol–water partition coefficient (Wildman–Crippen LogP) is 3.96. The highest BCUT2D eigenvalue weighted by Gasteiger charge is 2.36. The first-order chi connectivity index (χ1) is 6.64. The fourth-order valence-electron chi connectivity index (χ4n) is 2.73. The molecule has 1 nitrogen and oxygen atoms in total. The minimum absolute atomic E-state index is 0.0228. The van der Waals surface area contributed by atoms with Gasteiger partial charge in [0.1, 0.15) is 5.78 Å². The van der Waals surface area contributed by atoms with Crippen LogP contribution < -0.4 is 0 Å². The fourth-order valence-corrected chi connectivity index (χ4v) is 2.73. The molecule has 1 fully saturated rings. The maximum atomic E-state index is 12.3. The minimum atomic E-state index is 0.0228. The maximum Gasteiger partial charge on any atom is 0.141 e. The molecular formula is C13H24O. The number of Topliss-reactive ketones (excluding diaryl/α,β-unsaturated/α-hetero) is 1. The first-order valence-corrected chi connectivity index (χ1v) is 6.18. The molecule has 1 heteroatoms. The van der Waals surface area contributed by atoms with E-state index in [4.69, 9.17) is 0 Å². The number of hydrogen-bond donors (Lipinski definition) is 0. The highest BCUT2D eigenvalue weighted by molar-refractivity contribution is 5.86. The van der Waals surface area contributed by atoms with Gasteiger partial charge in [0.15, 0.2) is 0 Å². The van der Waals surface area contributed by atoms with Crippen LogP contribution in [-0.2, 0) is 4.79 Å². The topological polar surface area (TPSA) is 17.1 Å². The van der Waals surface area contributed by atoms with Crippen molar-refractivity contribution in [1.82, 2.24) is 0 Å². The summed E-state index contributed by atoms with van der Waals surface area (Å²) in [5.74, 6) is 0.861. The number of ketones is 1. The van der Waals surface area contributed by atoms with Crippen LogP contribution in [-0.4, -0.2) is 5.78 Å². The van der Waals surface area contributed by atoms with E-state index in [2.05, 4.69) is 20.8 Å². The van der Waals surface area contributed by atoms with Crippen molar-refractivity contribution in [3.8, 4) is 0 Å². The summed E-state index contributed by atoms with van der Waals surface area (Å²) >= 11 is 0. The molecule has 1 rings (SSSR count). The van der Waals surface area contributed by atoms with E-state index < -0.39 is 0 Å². The SMILES string of the molecule is CCC(CC)C(=O)C1(C)CCCCC1. The third-order valence-electron chi connectivity index (χ3n) is 3.91. The molecule has 0 bridgehead atoms. The van der Waals surface area contributed by atoms with E-state index in [1.165, 1.54) is 19.3 Å². The first kappa shape index (κ1) is 11.7. The minimum Gasteiger partial charge on any atom is -0.299 e. The molecule has 0 amide bonds. The Morgan fingerprint density at radius 1 is 1.14 bits per heavy atom. The zero-order valence-corrected chi connectivity index (χ0v) is 9.94. The van der Waals surface area contributed by atoms with Crippen LogP contribution in [0.4, 0.5) is 0 Å². The molecule has 0 aromatic carbocycles. The number of rotatable bonds is 4. The molecule has 82 valence electrons. The summed E-state index contributed by atoms with van der Waals surface area (Å²) < 4.78 is 0. The van der Waals surface area contributed by atoms with Crippen molar-refractivity contribution in [2.75, 3.05) is 0 Å². The van der Waals surface area contributed by atoms with Crippen LogP contribution in [0.25, 0.3) is 0 Å². The van der Waals surface area contributed by atoms with Crippen LogP contribution in [0.5, 0.6) is 0 Å². The average Bonchev–Trinajstić information content (AvgIpc) is 2.20. The molecule has 0 saturated heterocycles. The Kier molecular flexibility index (Phi) is 4.15. The van der Waals surface area contributed by atoms with Crippen LogP contribution in [0.3, 0.4) is 0 Å². The van der Waals surface area contributed by atoms with E-state index in [0.717, 1.165) is 25.7 Å². The number of hydrogen-bond acceptors (Lipinski definition) is 1. The zero-order valence-electron chi connectivity index (χ0n) is 9.94. The molecule has 0 spiro atoms. The monoisotopic (exact) mass is 196 g/mol. The van der Waals surface area contributed by atoms with Gasteiger partial charge in [-0.1, -0.05) is 40.0 Å². The van der Waals surface area contributed by atoms with Crippen molar-refractivity contribution in [1.29, 1.82) is 0 Å². The number of carbonyl (C=O) groups excluding carboxylic acids is 1. The normalized spacial score (nSPS) is 21.1. The summed E-state index contributed by atoms with van der Waals surface area (Å²) in [6.07, 6.45) is 8.12. The van der Waals surface area contributed by atoms with Gasteiger partial charge in [0, 0.05) is 11.3 Å². The lowest BCUT2D eigenvalue weighted by Gasteiger charge is -2.34. The Bertz CT molecular complexity index is 185. The van der Waals surface area contributed by atoms with Gasteiger partial charge in [-0.05, 0) is 25.7 Å². The van der Waals surface area contributed by atoms with E-state index >= 15 is 0 Å². The molecule has 0 radical (unpaired) electrons. The van der Waals surface area contributed by atoms with Gasteiger partial charge in [0.2, 0.25) is 0 Å². The Hall–Kier alpha value is -0.330. The molecule has 0 aliphatic heterocycles. The van der Waals surface area contributed by atoms with Crippen LogP contribution in [0, 0.1) is 11.3 Å². The van der Waals surface area contributed by atoms with Crippen molar-refractivity contribution in [2.24, 2.45) is 11.3 Å². The van der Waals surface area contributed by atoms with Gasteiger partial charge < -0.3 is 0 Å². The van der Waals surface area contributed by atoms with Crippen molar-refractivity contribution in [2.45, 2.75) is 65.7 Å². The molecule has 0 unspecified atom stereocenters. The summed E-state index contributed by atoms with van der Waals surface area (Å²) in [6.45, 7) is 6.46. The summed E-state index contributed by atoms with van der Waals surface area (Å²) in [6, 6.07) is 0. The van der Waals surface area contributed by atoms with Gasteiger partial charge in [-0.3, -0.25) is 4.79 Å². The molecule has 1 saturated carbocycles. The van der Waals surface area contributed by atoms with Gasteiger partial charge in [-0.25, -0.2) is 0 Å². The van der Waals surface area contributed by atoms with Crippen molar-refractivity contribution >= 4 is 5.78 Å². The predicted molar refractivity (Wildman–Crippen MR) is 60.3 cm³/mol. The number of carbonyl (C=O) groups is 1. The maximum absolute atomic E-state index is 12.3. The summed E-state index contributed by atoms with van der Waals surface area (Å²) in [7, 11) is 0. The standard InChI is InChI=1S/C13H24O/c1-4-11(5-2)12(14)13(3)9-7-6-8-10-13/h11H,4-10H2,1-3H3. The van der Waals surface area contributed by atoms with Crippen LogP contribution in [0.2, 0.25) is 0 Å². The van der Waals surface area contributed by atoms with Crippen LogP contribution in [0.1, 0.15) is 65.7 Å². The first-order valence-electron chi connectivity index (χ1n) is 6.18. The van der Waals surface area contributed by atoms with E-state index in [1.807, 2.05) is 0 Å². The zero-order chi connectivity index (χ0) is 10.6. The molecular weight excluding hydrogens is 172 g/mol. The molecule has 14 heavy (non-hydrogen) atoms. The second kappa shape index (κ2) is 4.95. The molecule has 0 atom stereocenters. The Morgan fingerprint density at radius 2 is 1.64 bits per heavy atom. The van der Waals surface area contributed by atoms with Crippen molar-refractivity contribution in [3.05, 3.63) is 0 Å². The summed E-state index contributed by atoms with van der Waals surface area (Å²) in [5.41, 5.74) is 0.0228. The molecule has 1 aliphatic rings. The Labute approximate surface area is 88.3 Å². The van der Waals surface area contributed by atoms with Crippen molar-refractivity contribution < 1.29 is 4.79 Å². The Morgan fingerprint density at radius 3 is 2.07 bits per heavy atom. The quantitative estimate of drug-likeness (QED) is 0.665. The van der Waals surface area contributed by atoms with E-state index in [9.17, 15) is 4.79 Å². The van der Waals surface area contributed by atoms with Gasteiger partial charge >= 0.3 is 0 Å². The highest BCUT2D eigenvalue weighted by atomic mass is 16.1. The third kappa shape index (κ3) is 2.37. The average molecular weight is 196 g/mol. The van der Waals surface area contributed by atoms with Gasteiger partial charge in [-0.15, -0.1) is 0 Å². The lowest BCUT2D eigenvalue weighted by Crippen LogP contribution is -2.35. The van der Waals surface area contributed by atoms with Gasteiger partial charge in [-0.2, -0.15) is 0 Å². The largest absolute Gasteiger partial charge is 0.299 e. The second-order valence-corrected chi connectivity index (χ2v) is 5.00. The molecule has 0 aromatic heterocycles. The lowest BCUT2D eigenvalue weighted by molar-refractivity contribution is -0.134. The van der Waals surface area contributed by atoms with E-state index in [-0.39, 0.29) is 5.41 Å². The molecule has 0 heterocycles. The lowest BCUT2D eigenvalue weighted by atomic mass is 9.68. The Balaban J connectivity index is 2.64. The molecule has 0 aromatic rings. The van der Waals surface area contributed by atoms with Crippen molar-refractivity contribution in [3.63, 3.8) is 0 Å². The van der Waals surface area contributed by atoms with E-state index in [1.54, 1.807) is 0 Å². The smallest absolute Gasteiger partial charge is 0.141 e. The van der Waals surface area contributed by atoms with Gasteiger partial charge in [0.25, 0.3) is 0 Å². The second-order valence-electron chi connectivity index (χ2n) is 5.00. The third-order valence-corrected chi connectivity index (χ3v) is 3.91. The fraction of sp³-hybridized carbons (Fsp3) is 0.923. The van der Waals surface area contributed by atoms with Gasteiger partial charge in [0.05, 0.1) is 0 Å². The molecule has 0 N–H and O–H groups in total. The highest BCUT2D eigenvalue weighted by Crippen LogP contribution is 2.39. The van der Waals surface area contributed by atoms with E-state index in [0.29, 0.717) is 11.7 Å².